The number of thiophene rings is 1. The van der Waals surface area contributed by atoms with E-state index in [-0.39, 0.29) is 41.2 Å². The number of hydrogen-bond acceptors (Lipinski definition) is 9. The molecule has 1 heterocycles. The molecule has 1 fully saturated rings. The van der Waals surface area contributed by atoms with Crippen molar-refractivity contribution in [1.82, 2.24) is 0 Å². The van der Waals surface area contributed by atoms with Crippen LogP contribution in [-0.4, -0.2) is 57.4 Å². The Bertz CT molecular complexity index is 753. The molecule has 0 bridgehead atoms. The monoisotopic (exact) mass is 413 g/mol. The highest BCUT2D eigenvalue weighted by molar-refractivity contribution is 7.18. The topological polar surface area (TPSA) is 117 Å². The lowest BCUT2D eigenvalue weighted by Gasteiger charge is -2.07. The highest BCUT2D eigenvalue weighted by atomic mass is 32.1. The first-order chi connectivity index (χ1) is 13.4. The van der Waals surface area contributed by atoms with E-state index in [9.17, 15) is 19.2 Å². The highest BCUT2D eigenvalue weighted by Gasteiger charge is 2.32. The number of esters is 3. The Morgan fingerprint density at radius 3 is 2.39 bits per heavy atom. The first kappa shape index (κ1) is 21.8. The molecule has 0 unspecified atom stereocenters. The molecule has 2 rings (SSSR count). The maximum atomic E-state index is 12.3. The van der Waals surface area contributed by atoms with Crippen LogP contribution >= 0.6 is 11.3 Å². The molecule has 1 saturated carbocycles. The summed E-state index contributed by atoms with van der Waals surface area (Å²) in [7, 11) is 1.48. The van der Waals surface area contributed by atoms with Gasteiger partial charge in [0.2, 0.25) is 0 Å². The van der Waals surface area contributed by atoms with Gasteiger partial charge >= 0.3 is 17.9 Å². The summed E-state index contributed by atoms with van der Waals surface area (Å²) in [5, 5.41) is 2.66. The molecule has 0 spiro atoms. The largest absolute Gasteiger partial charge is 0.462 e. The first-order valence-corrected chi connectivity index (χ1v) is 9.63. The summed E-state index contributed by atoms with van der Waals surface area (Å²) in [6.45, 7) is 3.17. The predicted molar refractivity (Wildman–Crippen MR) is 99.5 cm³/mol. The van der Waals surface area contributed by atoms with Crippen LogP contribution in [0.1, 0.15) is 45.4 Å². The lowest BCUT2D eigenvalue weighted by atomic mass is 10.1. The van der Waals surface area contributed by atoms with Crippen LogP contribution in [0, 0.1) is 12.8 Å². The van der Waals surface area contributed by atoms with Gasteiger partial charge in [-0.1, -0.05) is 0 Å². The van der Waals surface area contributed by atoms with E-state index >= 15 is 0 Å². The second-order valence-electron chi connectivity index (χ2n) is 6.04. The molecule has 1 aromatic heterocycles. The molecule has 28 heavy (non-hydrogen) atoms. The van der Waals surface area contributed by atoms with Crippen molar-refractivity contribution in [1.29, 1.82) is 0 Å². The normalized spacial score (nSPS) is 13.0. The predicted octanol–water partition coefficient (Wildman–Crippen LogP) is 1.93. The lowest BCUT2D eigenvalue weighted by molar-refractivity contribution is -0.148. The molecule has 154 valence electrons. The van der Waals surface area contributed by atoms with Crippen molar-refractivity contribution in [3.63, 3.8) is 0 Å². The zero-order valence-electron chi connectivity index (χ0n) is 16.0. The number of carbonyl (C=O) groups is 4. The number of anilines is 1. The summed E-state index contributed by atoms with van der Waals surface area (Å²) >= 11 is 0.899. The number of ether oxygens (including phenoxy) is 4. The van der Waals surface area contributed by atoms with Gasteiger partial charge in [0.25, 0.3) is 5.91 Å². The highest BCUT2D eigenvalue weighted by Crippen LogP contribution is 2.34. The van der Waals surface area contributed by atoms with Crippen molar-refractivity contribution < 1.29 is 38.1 Å². The van der Waals surface area contributed by atoms with Gasteiger partial charge in [0, 0.05) is 7.11 Å². The number of methoxy groups -OCH3 is 1. The molecule has 10 heteroatoms. The van der Waals surface area contributed by atoms with Gasteiger partial charge in [0.15, 0.2) is 6.61 Å². The zero-order chi connectivity index (χ0) is 20.7. The van der Waals surface area contributed by atoms with Crippen molar-refractivity contribution >= 4 is 40.2 Å². The fraction of sp³-hybridized carbons (Fsp3) is 0.556. The van der Waals surface area contributed by atoms with Crippen LogP contribution in [0.4, 0.5) is 5.00 Å². The molecule has 0 aromatic carbocycles. The molecule has 1 N–H and O–H groups in total. The number of amides is 1. The van der Waals surface area contributed by atoms with Crippen LogP contribution in [0.15, 0.2) is 0 Å². The van der Waals surface area contributed by atoms with Gasteiger partial charge in [-0.2, -0.15) is 0 Å². The fourth-order valence-electron chi connectivity index (χ4n) is 2.26. The van der Waals surface area contributed by atoms with Gasteiger partial charge < -0.3 is 24.3 Å². The third-order valence-corrected chi connectivity index (χ3v) is 5.03. The van der Waals surface area contributed by atoms with E-state index in [0.29, 0.717) is 5.56 Å². The molecule has 0 atom stereocenters. The Morgan fingerprint density at radius 2 is 1.79 bits per heavy atom. The van der Waals surface area contributed by atoms with E-state index in [0.717, 1.165) is 24.2 Å². The van der Waals surface area contributed by atoms with E-state index in [2.05, 4.69) is 5.32 Å². The summed E-state index contributed by atoms with van der Waals surface area (Å²) in [5.41, 5.74) is 0.420. The Labute approximate surface area is 166 Å². The summed E-state index contributed by atoms with van der Waals surface area (Å²) in [5.74, 6) is -2.45. The number of hydrogen-bond donors (Lipinski definition) is 1. The minimum Gasteiger partial charge on any atom is -0.462 e. The van der Waals surface area contributed by atoms with Gasteiger partial charge in [-0.25, -0.2) is 9.59 Å². The maximum Gasteiger partial charge on any atom is 0.348 e. The minimum atomic E-state index is -0.669. The third kappa shape index (κ3) is 5.77. The van der Waals surface area contributed by atoms with E-state index in [1.807, 2.05) is 0 Å². The maximum absolute atomic E-state index is 12.3. The van der Waals surface area contributed by atoms with Gasteiger partial charge in [0.05, 0.1) is 24.7 Å². The molecule has 9 nitrogen and oxygen atoms in total. The Morgan fingerprint density at radius 1 is 1.07 bits per heavy atom. The Kier molecular flexibility index (Phi) is 7.94. The second-order valence-corrected chi connectivity index (χ2v) is 7.06. The Balaban J connectivity index is 2.13. The second kappa shape index (κ2) is 10.2. The van der Waals surface area contributed by atoms with Crippen LogP contribution in [0.5, 0.6) is 0 Å². The summed E-state index contributed by atoms with van der Waals surface area (Å²) in [6, 6.07) is 0. The van der Waals surface area contributed by atoms with E-state index < -0.39 is 30.4 Å². The minimum absolute atomic E-state index is 0.0558. The molecule has 1 aliphatic rings. The summed E-state index contributed by atoms with van der Waals surface area (Å²) in [4.78, 5) is 48.4. The summed E-state index contributed by atoms with van der Waals surface area (Å²) < 4.78 is 19.9. The van der Waals surface area contributed by atoms with Crippen molar-refractivity contribution in [2.45, 2.75) is 26.7 Å². The van der Waals surface area contributed by atoms with Crippen LogP contribution < -0.4 is 5.32 Å². The molecular weight excluding hydrogens is 390 g/mol. The molecule has 0 aliphatic heterocycles. The van der Waals surface area contributed by atoms with Crippen LogP contribution in [0.2, 0.25) is 0 Å². The summed E-state index contributed by atoms with van der Waals surface area (Å²) in [6.07, 6.45) is 1.54. The smallest absolute Gasteiger partial charge is 0.348 e. The quantitative estimate of drug-likeness (QED) is 0.351. The third-order valence-electron chi connectivity index (χ3n) is 3.84. The Hall–Kier alpha value is -2.46. The van der Waals surface area contributed by atoms with Crippen molar-refractivity contribution in [3.8, 4) is 0 Å². The molecule has 1 amide bonds. The average Bonchev–Trinajstić information content (AvgIpc) is 3.44. The average molecular weight is 413 g/mol. The number of rotatable bonds is 10. The van der Waals surface area contributed by atoms with E-state index in [1.165, 1.54) is 7.11 Å². The lowest BCUT2D eigenvalue weighted by Crippen LogP contribution is -2.22. The van der Waals surface area contributed by atoms with Gasteiger partial charge in [-0.15, -0.1) is 11.3 Å². The standard InChI is InChI=1S/C18H23NO8S/c1-4-25-17(22)13-10(2)14(18(23)26-8-7-24-3)28-15(13)19-12(20)9-27-16(21)11-5-6-11/h11H,4-9H2,1-3H3,(H,19,20). The van der Waals surface area contributed by atoms with Crippen LogP contribution in [-0.2, 0) is 28.5 Å². The van der Waals surface area contributed by atoms with Gasteiger partial charge in [-0.05, 0) is 32.3 Å². The van der Waals surface area contributed by atoms with Crippen molar-refractivity contribution in [3.05, 3.63) is 16.0 Å². The molecule has 0 saturated heterocycles. The molecule has 0 radical (unpaired) electrons. The van der Waals surface area contributed by atoms with Gasteiger partial charge in [0.1, 0.15) is 16.5 Å². The molecule has 1 aromatic rings. The number of nitrogens with one attached hydrogen (secondary N) is 1. The first-order valence-electron chi connectivity index (χ1n) is 8.82. The molecule has 1 aliphatic carbocycles. The van der Waals surface area contributed by atoms with Crippen LogP contribution in [0.25, 0.3) is 0 Å². The number of carbonyl (C=O) groups excluding carboxylic acids is 4. The van der Waals surface area contributed by atoms with Crippen molar-refractivity contribution in [2.75, 3.05) is 38.9 Å². The van der Waals surface area contributed by atoms with E-state index in [4.69, 9.17) is 18.9 Å². The van der Waals surface area contributed by atoms with Crippen LogP contribution in [0.3, 0.4) is 0 Å². The SMILES string of the molecule is CCOC(=O)c1c(NC(=O)COC(=O)C2CC2)sc(C(=O)OCCOC)c1C. The van der Waals surface area contributed by atoms with Crippen molar-refractivity contribution in [2.24, 2.45) is 5.92 Å². The fourth-order valence-corrected chi connectivity index (χ4v) is 3.37. The van der Waals surface area contributed by atoms with Gasteiger partial charge in [-0.3, -0.25) is 9.59 Å². The van der Waals surface area contributed by atoms with E-state index in [1.54, 1.807) is 13.8 Å². The molecular formula is C18H23NO8S. The zero-order valence-corrected chi connectivity index (χ0v) is 16.8.